The molecule has 6 nitrogen and oxygen atoms in total. The van der Waals surface area contributed by atoms with E-state index in [1.165, 1.54) is 11.3 Å². The number of nitrogens with zero attached hydrogens (tertiary/aromatic N) is 2. The Bertz CT molecular complexity index is 1030. The summed E-state index contributed by atoms with van der Waals surface area (Å²) >= 11 is 1.47. The Labute approximate surface area is 186 Å². The van der Waals surface area contributed by atoms with Gasteiger partial charge in [-0.1, -0.05) is 48.9 Å². The summed E-state index contributed by atoms with van der Waals surface area (Å²) in [5, 5.41) is 3.61. The lowest BCUT2D eigenvalue weighted by atomic mass is 9.83. The lowest BCUT2D eigenvalue weighted by Crippen LogP contribution is -2.47. The van der Waals surface area contributed by atoms with Crippen LogP contribution in [-0.4, -0.2) is 35.4 Å². The van der Waals surface area contributed by atoms with Gasteiger partial charge in [0.25, 0.3) is 0 Å². The van der Waals surface area contributed by atoms with E-state index in [1.807, 2.05) is 53.4 Å². The molecule has 2 aromatic carbocycles. The molecule has 0 radical (unpaired) electrons. The molecule has 0 unspecified atom stereocenters. The molecule has 4 rings (SSSR count). The van der Waals surface area contributed by atoms with Crippen LogP contribution in [0.15, 0.2) is 48.5 Å². The highest BCUT2D eigenvalue weighted by Crippen LogP contribution is 2.38. The van der Waals surface area contributed by atoms with Crippen molar-refractivity contribution in [1.82, 2.24) is 9.88 Å². The Morgan fingerprint density at radius 3 is 2.71 bits per heavy atom. The normalized spacial score (nSPS) is 18.9. The Hall–Kier alpha value is -2.93. The molecule has 0 spiro atoms. The summed E-state index contributed by atoms with van der Waals surface area (Å²) in [6, 6.07) is 15.2. The fourth-order valence-electron chi connectivity index (χ4n) is 4.16. The highest BCUT2D eigenvalue weighted by atomic mass is 32.1. The molecule has 1 aliphatic heterocycles. The summed E-state index contributed by atoms with van der Waals surface area (Å²) in [6.07, 6.45) is 2.80. The molecule has 0 bridgehead atoms. The standard InChI is InChI=1S/C24H27N3O3S/c1-3-4-15-27-21(28)14-13-18(22(27)16-9-11-17(30-2)12-10-16)23(29)26-24-25-19-7-5-6-8-20(19)31-24/h5-12,18,22H,3-4,13-15H2,1-2H3,(H,25,26,29)/t18-,22+/m0/s1. The number of thiazole rings is 1. The topological polar surface area (TPSA) is 71.5 Å². The lowest BCUT2D eigenvalue weighted by molar-refractivity contribution is -0.142. The third-order valence-corrected chi connectivity index (χ3v) is 6.73. The minimum Gasteiger partial charge on any atom is -0.497 e. The van der Waals surface area contributed by atoms with E-state index in [0.29, 0.717) is 24.5 Å². The van der Waals surface area contributed by atoms with Gasteiger partial charge in [-0.05, 0) is 42.7 Å². The van der Waals surface area contributed by atoms with E-state index in [2.05, 4.69) is 17.2 Å². The van der Waals surface area contributed by atoms with Crippen LogP contribution in [0.1, 0.15) is 44.2 Å². The predicted molar refractivity (Wildman–Crippen MR) is 123 cm³/mol. The molecule has 162 valence electrons. The van der Waals surface area contributed by atoms with E-state index in [0.717, 1.165) is 34.4 Å². The molecular weight excluding hydrogens is 410 g/mol. The van der Waals surface area contributed by atoms with E-state index in [1.54, 1.807) is 7.11 Å². The molecule has 0 aliphatic carbocycles. The Morgan fingerprint density at radius 1 is 1.23 bits per heavy atom. The number of methoxy groups -OCH3 is 1. The number of para-hydroxylation sites is 1. The van der Waals surface area contributed by atoms with Gasteiger partial charge in [0.05, 0.1) is 29.3 Å². The van der Waals surface area contributed by atoms with Gasteiger partial charge in [0, 0.05) is 13.0 Å². The van der Waals surface area contributed by atoms with Crippen LogP contribution in [0.4, 0.5) is 5.13 Å². The van der Waals surface area contributed by atoms with E-state index >= 15 is 0 Å². The van der Waals surface area contributed by atoms with Gasteiger partial charge in [0.1, 0.15) is 5.75 Å². The van der Waals surface area contributed by atoms with E-state index in [9.17, 15) is 9.59 Å². The number of hydrogen-bond acceptors (Lipinski definition) is 5. The van der Waals surface area contributed by atoms with Crippen LogP contribution in [0.2, 0.25) is 0 Å². The lowest BCUT2D eigenvalue weighted by Gasteiger charge is -2.41. The maximum Gasteiger partial charge on any atom is 0.231 e. The van der Waals surface area contributed by atoms with Gasteiger partial charge in [0.15, 0.2) is 5.13 Å². The van der Waals surface area contributed by atoms with Crippen molar-refractivity contribution >= 4 is 38.5 Å². The first-order valence-electron chi connectivity index (χ1n) is 10.7. The Balaban J connectivity index is 1.63. The van der Waals surface area contributed by atoms with Gasteiger partial charge in [-0.15, -0.1) is 0 Å². The maximum atomic E-state index is 13.4. The number of likely N-dealkylation sites (tertiary alicyclic amines) is 1. The third-order valence-electron chi connectivity index (χ3n) is 5.78. The largest absolute Gasteiger partial charge is 0.497 e. The number of carbonyl (C=O) groups excluding carboxylic acids is 2. The van der Waals surface area contributed by atoms with Gasteiger partial charge in [0.2, 0.25) is 11.8 Å². The summed E-state index contributed by atoms with van der Waals surface area (Å²) in [5.74, 6) is 0.434. The average molecular weight is 438 g/mol. The summed E-state index contributed by atoms with van der Waals surface area (Å²) in [6.45, 7) is 2.76. The number of anilines is 1. The van der Waals surface area contributed by atoms with E-state index in [4.69, 9.17) is 4.74 Å². The molecule has 2 heterocycles. The van der Waals surface area contributed by atoms with Gasteiger partial charge >= 0.3 is 0 Å². The highest BCUT2D eigenvalue weighted by Gasteiger charge is 2.40. The van der Waals surface area contributed by atoms with Crippen LogP contribution in [0, 0.1) is 5.92 Å². The SMILES string of the molecule is CCCCN1C(=O)CC[C@H](C(=O)Nc2nc3ccccc3s2)[C@H]1c1ccc(OC)cc1. The number of unbranched alkanes of at least 4 members (excludes halogenated alkanes) is 1. The third kappa shape index (κ3) is 4.56. The minimum absolute atomic E-state index is 0.0890. The van der Waals surface area contributed by atoms with Crippen LogP contribution in [0.25, 0.3) is 10.2 Å². The predicted octanol–water partition coefficient (Wildman–Crippen LogP) is 5.02. The van der Waals surface area contributed by atoms with Gasteiger partial charge in [-0.3, -0.25) is 9.59 Å². The molecular formula is C24H27N3O3S. The van der Waals surface area contributed by atoms with Crippen LogP contribution in [0.3, 0.4) is 0 Å². The van der Waals surface area contributed by atoms with Crippen molar-refractivity contribution in [1.29, 1.82) is 0 Å². The summed E-state index contributed by atoms with van der Waals surface area (Å²) in [5.41, 5.74) is 1.83. The molecule has 1 fully saturated rings. The number of fused-ring (bicyclic) bond motifs is 1. The molecule has 0 saturated carbocycles. The molecule has 1 saturated heterocycles. The Morgan fingerprint density at radius 2 is 2.00 bits per heavy atom. The zero-order valence-electron chi connectivity index (χ0n) is 17.8. The maximum absolute atomic E-state index is 13.4. The average Bonchev–Trinajstić information content (AvgIpc) is 3.20. The smallest absolute Gasteiger partial charge is 0.231 e. The molecule has 2 amide bonds. The number of ether oxygens (including phenoxy) is 1. The van der Waals surface area contributed by atoms with Crippen molar-refractivity contribution in [2.24, 2.45) is 5.92 Å². The van der Waals surface area contributed by atoms with Crippen molar-refractivity contribution in [3.63, 3.8) is 0 Å². The fraction of sp³-hybridized carbons (Fsp3) is 0.375. The zero-order valence-corrected chi connectivity index (χ0v) is 18.7. The van der Waals surface area contributed by atoms with Crippen molar-refractivity contribution in [2.45, 2.75) is 38.6 Å². The van der Waals surface area contributed by atoms with Crippen LogP contribution < -0.4 is 10.1 Å². The summed E-state index contributed by atoms with van der Waals surface area (Å²) in [7, 11) is 1.63. The molecule has 3 aromatic rings. The fourth-order valence-corrected chi connectivity index (χ4v) is 5.03. The first-order chi connectivity index (χ1) is 15.1. The quantitative estimate of drug-likeness (QED) is 0.563. The molecule has 2 atom stereocenters. The second kappa shape index (κ2) is 9.47. The summed E-state index contributed by atoms with van der Waals surface area (Å²) in [4.78, 5) is 32.6. The van der Waals surface area contributed by atoms with Crippen LogP contribution in [0.5, 0.6) is 5.75 Å². The Kier molecular flexibility index (Phi) is 6.51. The van der Waals surface area contributed by atoms with Crippen molar-refractivity contribution < 1.29 is 14.3 Å². The summed E-state index contributed by atoms with van der Waals surface area (Å²) < 4.78 is 6.32. The van der Waals surface area contributed by atoms with Gasteiger partial charge in [-0.25, -0.2) is 4.98 Å². The number of benzene rings is 2. The molecule has 7 heteroatoms. The van der Waals surface area contributed by atoms with Crippen LogP contribution >= 0.6 is 11.3 Å². The molecule has 1 aromatic heterocycles. The number of carbonyl (C=O) groups is 2. The molecule has 1 N–H and O–H groups in total. The van der Waals surface area contributed by atoms with Crippen LogP contribution in [-0.2, 0) is 9.59 Å². The highest BCUT2D eigenvalue weighted by molar-refractivity contribution is 7.22. The minimum atomic E-state index is -0.338. The van der Waals surface area contributed by atoms with Crippen molar-refractivity contribution in [3.05, 3.63) is 54.1 Å². The number of piperidine rings is 1. The number of hydrogen-bond donors (Lipinski definition) is 1. The van der Waals surface area contributed by atoms with Crippen molar-refractivity contribution in [2.75, 3.05) is 19.0 Å². The van der Waals surface area contributed by atoms with E-state index < -0.39 is 0 Å². The molecule has 1 aliphatic rings. The second-order valence-corrected chi connectivity index (χ2v) is 8.81. The monoisotopic (exact) mass is 437 g/mol. The zero-order chi connectivity index (χ0) is 21.8. The number of nitrogens with one attached hydrogen (secondary N) is 1. The van der Waals surface area contributed by atoms with Gasteiger partial charge < -0.3 is 15.0 Å². The van der Waals surface area contributed by atoms with Gasteiger partial charge in [-0.2, -0.15) is 0 Å². The number of amides is 2. The van der Waals surface area contributed by atoms with Crippen molar-refractivity contribution in [3.8, 4) is 5.75 Å². The second-order valence-electron chi connectivity index (χ2n) is 7.78. The number of aromatic nitrogens is 1. The number of rotatable bonds is 7. The molecule has 31 heavy (non-hydrogen) atoms. The van der Waals surface area contributed by atoms with E-state index in [-0.39, 0.29) is 23.8 Å². The first-order valence-corrected chi connectivity index (χ1v) is 11.5. The first kappa shape index (κ1) is 21.3.